The molecule has 2 aromatic carbocycles. The third kappa shape index (κ3) is 4.92. The third-order valence-corrected chi connectivity index (χ3v) is 4.97. The molecule has 4 nitrogen and oxygen atoms in total. The van der Waals surface area contributed by atoms with E-state index in [1.807, 2.05) is 6.92 Å². The van der Waals surface area contributed by atoms with Gasteiger partial charge in [0, 0.05) is 5.92 Å². The highest BCUT2D eigenvalue weighted by atomic mass is 19.4. The predicted molar refractivity (Wildman–Crippen MR) is 101 cm³/mol. The Bertz CT molecular complexity index is 885. The highest BCUT2D eigenvalue weighted by Gasteiger charge is 2.40. The molecule has 162 valence electrons. The van der Waals surface area contributed by atoms with Gasteiger partial charge in [-0.2, -0.15) is 13.2 Å². The van der Waals surface area contributed by atoms with Crippen LogP contribution in [0.3, 0.4) is 0 Å². The molecule has 0 aromatic heterocycles. The highest BCUT2D eigenvalue weighted by molar-refractivity contribution is 5.92. The zero-order valence-corrected chi connectivity index (χ0v) is 16.6. The summed E-state index contributed by atoms with van der Waals surface area (Å²) in [5, 5.41) is 0. The summed E-state index contributed by atoms with van der Waals surface area (Å²) in [6, 6.07) is 8.43. The minimum absolute atomic E-state index is 0.0798. The van der Waals surface area contributed by atoms with Crippen molar-refractivity contribution < 1.29 is 36.6 Å². The van der Waals surface area contributed by atoms with Crippen molar-refractivity contribution in [1.82, 2.24) is 0 Å². The normalized spacial score (nSPS) is 19.4. The number of hydrogen-bond donors (Lipinski definition) is 0. The van der Waals surface area contributed by atoms with Crippen LogP contribution in [-0.4, -0.2) is 25.3 Å². The molecule has 1 aliphatic heterocycles. The van der Waals surface area contributed by atoms with Gasteiger partial charge in [-0.25, -0.2) is 9.18 Å². The second-order valence-electron chi connectivity index (χ2n) is 7.11. The Balaban J connectivity index is 1.77. The topological polar surface area (TPSA) is 44.8 Å². The van der Waals surface area contributed by atoms with Crippen molar-refractivity contribution in [3.8, 4) is 11.5 Å². The zero-order chi connectivity index (χ0) is 21.9. The smallest absolute Gasteiger partial charge is 0.422 e. The molecule has 2 atom stereocenters. The Morgan fingerprint density at radius 2 is 1.83 bits per heavy atom. The summed E-state index contributed by atoms with van der Waals surface area (Å²) in [4.78, 5) is 12.3. The number of carbonyl (C=O) groups excluding carboxylic acids is 1. The fourth-order valence-corrected chi connectivity index (χ4v) is 3.37. The van der Waals surface area contributed by atoms with Crippen molar-refractivity contribution >= 4 is 5.97 Å². The van der Waals surface area contributed by atoms with E-state index in [0.717, 1.165) is 30.5 Å². The molecule has 0 N–H and O–H groups in total. The second kappa shape index (κ2) is 9.04. The van der Waals surface area contributed by atoms with E-state index in [-0.39, 0.29) is 24.4 Å². The average Bonchev–Trinajstić information content (AvgIpc) is 2.68. The lowest BCUT2D eigenvalue weighted by molar-refractivity contribution is -0.141. The fraction of sp³-hybridized carbons (Fsp3) is 0.409. The SMILES string of the molecule is CCOc1ccc(C(=O)Oc2ccc(C3CCC(C)OC3)cc2)c(F)c1C(F)(F)F. The summed E-state index contributed by atoms with van der Waals surface area (Å²) >= 11 is 0. The quantitative estimate of drug-likeness (QED) is 0.347. The van der Waals surface area contributed by atoms with Crippen LogP contribution in [0.2, 0.25) is 0 Å². The van der Waals surface area contributed by atoms with Gasteiger partial charge >= 0.3 is 12.1 Å². The van der Waals surface area contributed by atoms with Crippen molar-refractivity contribution in [1.29, 1.82) is 0 Å². The number of carbonyl (C=O) groups is 1. The Morgan fingerprint density at radius 3 is 2.40 bits per heavy atom. The van der Waals surface area contributed by atoms with Crippen LogP contribution in [0, 0.1) is 5.82 Å². The molecular formula is C22H22F4O4. The minimum Gasteiger partial charge on any atom is -0.493 e. The number of ether oxygens (including phenoxy) is 3. The Kier molecular flexibility index (Phi) is 6.65. The number of rotatable bonds is 5. The van der Waals surface area contributed by atoms with Crippen molar-refractivity contribution in [2.45, 2.75) is 44.9 Å². The first-order valence-corrected chi connectivity index (χ1v) is 9.67. The number of hydrogen-bond acceptors (Lipinski definition) is 4. The zero-order valence-electron chi connectivity index (χ0n) is 16.6. The standard InChI is InChI=1S/C22H22F4O4/c1-3-28-18-11-10-17(20(23)19(18)22(24,25)26)21(27)30-16-8-6-14(7-9-16)15-5-4-13(2)29-12-15/h6-11,13,15H,3-5,12H2,1-2H3. The lowest BCUT2D eigenvalue weighted by atomic mass is 9.92. The van der Waals surface area contributed by atoms with Gasteiger partial charge in [0.15, 0.2) is 5.82 Å². The van der Waals surface area contributed by atoms with Gasteiger partial charge in [0.2, 0.25) is 0 Å². The molecule has 0 saturated carbocycles. The van der Waals surface area contributed by atoms with E-state index in [4.69, 9.17) is 14.2 Å². The average molecular weight is 426 g/mol. The molecule has 30 heavy (non-hydrogen) atoms. The van der Waals surface area contributed by atoms with Crippen LogP contribution in [0.15, 0.2) is 36.4 Å². The summed E-state index contributed by atoms with van der Waals surface area (Å²) in [6.45, 7) is 4.01. The molecule has 2 unspecified atom stereocenters. The lowest BCUT2D eigenvalue weighted by Gasteiger charge is -2.27. The van der Waals surface area contributed by atoms with Crippen LogP contribution in [0.1, 0.15) is 54.1 Å². The van der Waals surface area contributed by atoms with E-state index in [9.17, 15) is 22.4 Å². The lowest BCUT2D eigenvalue weighted by Crippen LogP contribution is -2.22. The van der Waals surface area contributed by atoms with Crippen LogP contribution < -0.4 is 9.47 Å². The molecule has 3 rings (SSSR count). The van der Waals surface area contributed by atoms with E-state index >= 15 is 0 Å². The largest absolute Gasteiger partial charge is 0.493 e. The van der Waals surface area contributed by atoms with Gasteiger partial charge in [-0.05, 0) is 56.5 Å². The van der Waals surface area contributed by atoms with Gasteiger partial charge in [-0.1, -0.05) is 12.1 Å². The fourth-order valence-electron chi connectivity index (χ4n) is 3.37. The first-order chi connectivity index (χ1) is 14.2. The van der Waals surface area contributed by atoms with Gasteiger partial charge in [-0.15, -0.1) is 0 Å². The third-order valence-electron chi connectivity index (χ3n) is 4.97. The van der Waals surface area contributed by atoms with Gasteiger partial charge in [-0.3, -0.25) is 0 Å². The Morgan fingerprint density at radius 1 is 1.13 bits per heavy atom. The molecule has 1 heterocycles. The van der Waals surface area contributed by atoms with Crippen molar-refractivity contribution in [3.05, 3.63) is 58.9 Å². The summed E-state index contributed by atoms with van der Waals surface area (Å²) in [5.41, 5.74) is -1.43. The summed E-state index contributed by atoms with van der Waals surface area (Å²) in [5.74, 6) is -3.28. The molecule has 2 aromatic rings. The first kappa shape index (κ1) is 22.1. The van der Waals surface area contributed by atoms with Crippen LogP contribution in [0.25, 0.3) is 0 Å². The van der Waals surface area contributed by atoms with E-state index in [1.165, 1.54) is 19.1 Å². The molecule has 0 bridgehead atoms. The van der Waals surface area contributed by atoms with E-state index < -0.39 is 34.8 Å². The van der Waals surface area contributed by atoms with Gasteiger partial charge in [0.05, 0.1) is 24.9 Å². The van der Waals surface area contributed by atoms with E-state index in [1.54, 1.807) is 12.1 Å². The van der Waals surface area contributed by atoms with Crippen molar-refractivity contribution in [3.63, 3.8) is 0 Å². The molecule has 1 aliphatic rings. The van der Waals surface area contributed by atoms with Crippen LogP contribution >= 0.6 is 0 Å². The molecule has 0 aliphatic carbocycles. The Hall–Kier alpha value is -2.61. The maximum Gasteiger partial charge on any atom is 0.422 e. The monoisotopic (exact) mass is 426 g/mol. The van der Waals surface area contributed by atoms with Gasteiger partial charge in [0.1, 0.15) is 17.1 Å². The molecule has 1 saturated heterocycles. The number of halogens is 4. The van der Waals surface area contributed by atoms with Gasteiger partial charge < -0.3 is 14.2 Å². The van der Waals surface area contributed by atoms with Crippen LogP contribution in [0.4, 0.5) is 17.6 Å². The molecule has 1 fully saturated rings. The molecule has 0 amide bonds. The maximum atomic E-state index is 14.5. The van der Waals surface area contributed by atoms with E-state index in [0.29, 0.717) is 6.61 Å². The highest BCUT2D eigenvalue weighted by Crippen LogP contribution is 2.39. The number of benzene rings is 2. The minimum atomic E-state index is -5.02. The summed E-state index contributed by atoms with van der Waals surface area (Å²) in [6.07, 6.45) is -2.88. The summed E-state index contributed by atoms with van der Waals surface area (Å²) in [7, 11) is 0. The van der Waals surface area contributed by atoms with Crippen molar-refractivity contribution in [2.24, 2.45) is 0 Å². The molecule has 0 radical (unpaired) electrons. The second-order valence-corrected chi connectivity index (χ2v) is 7.11. The summed E-state index contributed by atoms with van der Waals surface area (Å²) < 4.78 is 69.9. The van der Waals surface area contributed by atoms with Gasteiger partial charge in [0.25, 0.3) is 0 Å². The van der Waals surface area contributed by atoms with Crippen molar-refractivity contribution in [2.75, 3.05) is 13.2 Å². The Labute approximate surface area is 171 Å². The van der Waals surface area contributed by atoms with Crippen LogP contribution in [0.5, 0.6) is 11.5 Å². The molecule has 8 heteroatoms. The number of alkyl halides is 3. The van der Waals surface area contributed by atoms with Crippen LogP contribution in [-0.2, 0) is 10.9 Å². The van der Waals surface area contributed by atoms with E-state index in [2.05, 4.69) is 0 Å². The predicted octanol–water partition coefficient (Wildman–Crippen LogP) is 5.74. The maximum absolute atomic E-state index is 14.5. The first-order valence-electron chi connectivity index (χ1n) is 9.67. The molecular weight excluding hydrogens is 404 g/mol. The number of esters is 1. The molecule has 0 spiro atoms.